The Kier molecular flexibility index (Phi) is 5.60. The SMILES string of the molecule is O=C1NCc2cc([C@@H](CC(=O)N3CCCCC3)Cc3ccccc3)ccc2N1. The van der Waals surface area contributed by atoms with Gasteiger partial charge in [0.2, 0.25) is 5.91 Å². The number of carbonyl (C=O) groups excluding carboxylic acids is 2. The van der Waals surface area contributed by atoms with Crippen molar-refractivity contribution in [2.75, 3.05) is 18.4 Å². The third-order valence-electron chi connectivity index (χ3n) is 5.74. The molecule has 0 bridgehead atoms. The number of nitrogens with one attached hydrogen (secondary N) is 2. The van der Waals surface area contributed by atoms with Crippen LogP contribution in [0.2, 0.25) is 0 Å². The Balaban J connectivity index is 1.57. The van der Waals surface area contributed by atoms with E-state index in [9.17, 15) is 9.59 Å². The molecule has 28 heavy (non-hydrogen) atoms. The monoisotopic (exact) mass is 377 g/mol. The fourth-order valence-electron chi connectivity index (χ4n) is 4.17. The highest BCUT2D eigenvalue weighted by atomic mass is 16.2. The number of benzene rings is 2. The zero-order valence-electron chi connectivity index (χ0n) is 16.1. The van der Waals surface area contributed by atoms with Crippen LogP contribution in [0.25, 0.3) is 0 Å². The summed E-state index contributed by atoms with van der Waals surface area (Å²) < 4.78 is 0. The first kappa shape index (κ1) is 18.5. The molecule has 0 unspecified atom stereocenters. The summed E-state index contributed by atoms with van der Waals surface area (Å²) >= 11 is 0. The maximum absolute atomic E-state index is 13.0. The van der Waals surface area contributed by atoms with Crippen molar-refractivity contribution in [3.8, 4) is 0 Å². The van der Waals surface area contributed by atoms with Gasteiger partial charge in [0.1, 0.15) is 0 Å². The lowest BCUT2D eigenvalue weighted by Crippen LogP contribution is -2.36. The summed E-state index contributed by atoms with van der Waals surface area (Å²) in [7, 11) is 0. The van der Waals surface area contributed by atoms with Gasteiger partial charge in [0.25, 0.3) is 0 Å². The average molecular weight is 377 g/mol. The fourth-order valence-corrected chi connectivity index (χ4v) is 4.17. The van der Waals surface area contributed by atoms with E-state index in [0.29, 0.717) is 13.0 Å². The smallest absolute Gasteiger partial charge is 0.319 e. The summed E-state index contributed by atoms with van der Waals surface area (Å²) in [6.07, 6.45) is 4.80. The van der Waals surface area contributed by atoms with Gasteiger partial charge in [-0.25, -0.2) is 4.79 Å². The number of nitrogens with zero attached hydrogens (tertiary/aromatic N) is 1. The van der Waals surface area contributed by atoms with E-state index in [2.05, 4.69) is 34.9 Å². The van der Waals surface area contributed by atoms with Crippen LogP contribution < -0.4 is 10.6 Å². The lowest BCUT2D eigenvalue weighted by Gasteiger charge is -2.29. The number of hydrogen-bond acceptors (Lipinski definition) is 2. The Hall–Kier alpha value is -2.82. The molecular formula is C23H27N3O2. The lowest BCUT2D eigenvalue weighted by atomic mass is 9.87. The first-order valence-corrected chi connectivity index (χ1v) is 10.2. The van der Waals surface area contributed by atoms with Crippen molar-refractivity contribution < 1.29 is 9.59 Å². The van der Waals surface area contributed by atoms with Gasteiger partial charge in [0.15, 0.2) is 0 Å². The van der Waals surface area contributed by atoms with E-state index in [-0.39, 0.29) is 17.9 Å². The number of rotatable bonds is 5. The maximum Gasteiger partial charge on any atom is 0.319 e. The molecule has 2 N–H and O–H groups in total. The first-order valence-electron chi connectivity index (χ1n) is 10.2. The second-order valence-electron chi connectivity index (χ2n) is 7.76. The number of fused-ring (bicyclic) bond motifs is 1. The van der Waals surface area contributed by atoms with Crippen molar-refractivity contribution in [2.24, 2.45) is 0 Å². The predicted octanol–water partition coefficient (Wildman–Crippen LogP) is 4.05. The Morgan fingerprint density at radius 2 is 1.82 bits per heavy atom. The summed E-state index contributed by atoms with van der Waals surface area (Å²) in [5.41, 5.74) is 4.32. The molecule has 3 amide bonds. The van der Waals surface area contributed by atoms with E-state index >= 15 is 0 Å². The number of carbonyl (C=O) groups is 2. The molecule has 1 atom stereocenters. The van der Waals surface area contributed by atoms with Crippen LogP contribution in [-0.2, 0) is 17.8 Å². The summed E-state index contributed by atoms with van der Waals surface area (Å²) in [4.78, 5) is 26.5. The standard InChI is InChI=1S/C23H27N3O2/c27-22(26-11-5-2-6-12-26)15-19(13-17-7-3-1-4-8-17)18-9-10-21-20(14-18)16-24-23(28)25-21/h1,3-4,7-10,14,19H,2,5-6,11-13,15-16H2,(H2,24,25,28)/t19-/m1/s1. The van der Waals surface area contributed by atoms with Crippen LogP contribution in [0.3, 0.4) is 0 Å². The van der Waals surface area contributed by atoms with Gasteiger partial charge in [-0.1, -0.05) is 42.5 Å². The molecule has 5 nitrogen and oxygen atoms in total. The van der Waals surface area contributed by atoms with Gasteiger partial charge in [-0.2, -0.15) is 0 Å². The molecule has 4 rings (SSSR count). The zero-order chi connectivity index (χ0) is 19.3. The van der Waals surface area contributed by atoms with Crippen LogP contribution >= 0.6 is 0 Å². The third-order valence-corrected chi connectivity index (χ3v) is 5.74. The van der Waals surface area contributed by atoms with E-state index < -0.39 is 0 Å². The first-order chi connectivity index (χ1) is 13.7. The second kappa shape index (κ2) is 8.46. The van der Waals surface area contributed by atoms with Crippen LogP contribution in [0.15, 0.2) is 48.5 Å². The van der Waals surface area contributed by atoms with Crippen molar-refractivity contribution in [1.29, 1.82) is 0 Å². The van der Waals surface area contributed by atoms with Crippen LogP contribution in [0.4, 0.5) is 10.5 Å². The van der Waals surface area contributed by atoms with E-state index in [1.165, 1.54) is 12.0 Å². The van der Waals surface area contributed by atoms with Crippen LogP contribution in [0.1, 0.15) is 48.3 Å². The number of urea groups is 1. The molecule has 1 fully saturated rings. The molecule has 5 heteroatoms. The van der Waals surface area contributed by atoms with Gasteiger partial charge in [0.05, 0.1) is 0 Å². The molecule has 2 aromatic carbocycles. The molecule has 0 spiro atoms. The molecule has 146 valence electrons. The van der Waals surface area contributed by atoms with Crippen LogP contribution in [-0.4, -0.2) is 29.9 Å². The summed E-state index contributed by atoms with van der Waals surface area (Å²) in [5, 5.41) is 5.66. The molecule has 1 saturated heterocycles. The lowest BCUT2D eigenvalue weighted by molar-refractivity contribution is -0.132. The van der Waals surface area contributed by atoms with Crippen molar-refractivity contribution in [3.63, 3.8) is 0 Å². The Morgan fingerprint density at radius 3 is 2.61 bits per heavy atom. The van der Waals surface area contributed by atoms with Crippen LogP contribution in [0, 0.1) is 0 Å². The van der Waals surface area contributed by atoms with E-state index in [1.54, 1.807) is 0 Å². The molecule has 0 saturated carbocycles. The van der Waals surface area contributed by atoms with Gasteiger partial charge in [-0.3, -0.25) is 4.79 Å². The van der Waals surface area contributed by atoms with E-state index in [4.69, 9.17) is 0 Å². The molecule has 0 aliphatic carbocycles. The minimum Gasteiger partial charge on any atom is -0.343 e. The Morgan fingerprint density at radius 1 is 1.04 bits per heavy atom. The highest BCUT2D eigenvalue weighted by molar-refractivity contribution is 5.92. The quantitative estimate of drug-likeness (QED) is 0.826. The molecule has 2 heterocycles. The molecule has 2 aliphatic rings. The van der Waals surface area contributed by atoms with Crippen molar-refractivity contribution in [1.82, 2.24) is 10.2 Å². The summed E-state index contributed by atoms with van der Waals surface area (Å²) in [5.74, 6) is 0.379. The van der Waals surface area contributed by atoms with E-state index in [0.717, 1.165) is 49.2 Å². The topological polar surface area (TPSA) is 61.4 Å². The molecule has 2 aliphatic heterocycles. The van der Waals surface area contributed by atoms with Gasteiger partial charge < -0.3 is 15.5 Å². The molecule has 0 radical (unpaired) electrons. The second-order valence-corrected chi connectivity index (χ2v) is 7.76. The minimum absolute atomic E-state index is 0.125. The van der Waals surface area contributed by atoms with E-state index in [1.807, 2.05) is 29.2 Å². The number of likely N-dealkylation sites (tertiary alicyclic amines) is 1. The number of piperidine rings is 1. The molecule has 0 aromatic heterocycles. The minimum atomic E-state index is -0.165. The Labute approximate surface area is 166 Å². The van der Waals surface area contributed by atoms with Gasteiger partial charge in [-0.05, 0) is 54.4 Å². The molecular weight excluding hydrogens is 350 g/mol. The fraction of sp³-hybridized carbons (Fsp3) is 0.391. The normalized spacial score (nSPS) is 17.3. The predicted molar refractivity (Wildman–Crippen MR) is 110 cm³/mol. The van der Waals surface area contributed by atoms with Crippen molar-refractivity contribution in [3.05, 3.63) is 65.2 Å². The number of hydrogen-bond donors (Lipinski definition) is 2. The third kappa shape index (κ3) is 4.35. The number of amides is 3. The van der Waals surface area contributed by atoms with Crippen LogP contribution in [0.5, 0.6) is 0 Å². The number of anilines is 1. The largest absolute Gasteiger partial charge is 0.343 e. The molecule has 2 aromatic rings. The van der Waals surface area contributed by atoms with Crippen molar-refractivity contribution >= 4 is 17.6 Å². The average Bonchev–Trinajstić information content (AvgIpc) is 2.74. The van der Waals surface area contributed by atoms with Gasteiger partial charge in [0, 0.05) is 31.7 Å². The van der Waals surface area contributed by atoms with Gasteiger partial charge >= 0.3 is 6.03 Å². The Bertz CT molecular complexity index is 844. The zero-order valence-corrected chi connectivity index (χ0v) is 16.1. The highest BCUT2D eigenvalue weighted by Gasteiger charge is 2.24. The maximum atomic E-state index is 13.0. The summed E-state index contributed by atoms with van der Waals surface area (Å²) in [6, 6.07) is 16.4. The summed E-state index contributed by atoms with van der Waals surface area (Å²) in [6.45, 7) is 2.29. The highest BCUT2D eigenvalue weighted by Crippen LogP contribution is 2.30. The van der Waals surface area contributed by atoms with Crippen molar-refractivity contribution in [2.45, 2.75) is 44.6 Å². The van der Waals surface area contributed by atoms with Gasteiger partial charge in [-0.15, -0.1) is 0 Å².